The van der Waals surface area contributed by atoms with Gasteiger partial charge in [-0.05, 0) is 110 Å². The molecule has 1 fully saturated rings. The van der Waals surface area contributed by atoms with Crippen LogP contribution in [-0.4, -0.2) is 57.4 Å². The Morgan fingerprint density at radius 2 is 0.677 bits per heavy atom. The van der Waals surface area contributed by atoms with Gasteiger partial charge in [0.05, 0.1) is 58.4 Å². The van der Waals surface area contributed by atoms with E-state index < -0.39 is 78.7 Å². The summed E-state index contributed by atoms with van der Waals surface area (Å²) >= 11 is 6.68. The Morgan fingerprint density at radius 3 is 1.11 bits per heavy atom. The van der Waals surface area contributed by atoms with Gasteiger partial charge in [-0.15, -0.1) is 0 Å². The van der Waals surface area contributed by atoms with Crippen molar-refractivity contribution in [1.82, 2.24) is 39.0 Å². The summed E-state index contributed by atoms with van der Waals surface area (Å²) in [6.45, 7) is 8.04. The summed E-state index contributed by atoms with van der Waals surface area (Å²) in [5, 5.41) is 4.71. The van der Waals surface area contributed by atoms with Gasteiger partial charge in [-0.1, -0.05) is 260 Å². The van der Waals surface area contributed by atoms with Crippen LogP contribution in [0.1, 0.15) is 41.4 Å². The lowest BCUT2D eigenvalue weighted by Crippen LogP contribution is -2.41. The SMILES string of the molecule is [2H]c1c([2H])c([2H])c(-c2nc(-c3ccccc3)nc(-c3cc(B4OC(C)(C)C(C)(C)O4)ccc3-n3c4ccccc4c4ccc(-c5ccccc5)cc43)n2)c([2H])c1[2H].[2H]c1c([2H])c([2H])c(-c2nc(-c3ccccc3)nc(-c3cc(Cl)ccc3-n3c4ccccc4c4ccc(-c5ccccc5)cc43)n2)c([2H])c1[2H]. The molecule has 0 amide bonds. The first-order valence-corrected chi connectivity index (χ1v) is 31.8. The summed E-state index contributed by atoms with van der Waals surface area (Å²) < 4.78 is 102. The standard InChI is InChI=1S/C45H37BN4O2.C39H25ClN4/c1-44(2)45(3,4)52-46(51-44)34-25-27-39(50-38-23-15-14-22-35(38)36-26-24-33(28-40(36)50)30-16-8-5-9-17-30)37(29-34)43-48-41(31-18-10-6-11-19-31)47-42(49-43)32-20-12-7-13-21-32;40-30-21-23-35(44-34-19-11-10-18-31(34)32-22-20-29(24-36(32)44)26-12-4-1-5-13-26)33(25-30)39-42-37(27-14-6-2-7-15-27)41-38(43-39)28-16-8-3-9-17-28/h5-29H,1-4H3;1-25H/i6D,10D,11D,18D,19D;2D,6D,7D,14D,15D. The van der Waals surface area contributed by atoms with E-state index in [2.05, 4.69) is 99.0 Å². The molecular formula is C84H62BClN8O2. The van der Waals surface area contributed by atoms with Crippen LogP contribution >= 0.6 is 11.6 Å². The zero-order valence-electron chi connectivity index (χ0n) is 62.4. The maximum Gasteiger partial charge on any atom is 0.494 e. The lowest BCUT2D eigenvalue weighted by Gasteiger charge is -2.32. The molecule has 10 nitrogen and oxygen atoms in total. The molecule has 460 valence electrons. The molecule has 12 heteroatoms. The number of hydrogen-bond donors (Lipinski definition) is 0. The summed E-state index contributed by atoms with van der Waals surface area (Å²) in [5.74, 6) is 0.953. The number of rotatable bonds is 11. The van der Waals surface area contributed by atoms with Crippen molar-refractivity contribution in [2.75, 3.05) is 0 Å². The Balaban J connectivity index is 0.000000164. The summed E-state index contributed by atoms with van der Waals surface area (Å²) in [5.41, 5.74) is 11.5. The minimum atomic E-state index is -0.707. The van der Waals surface area contributed by atoms with Crippen molar-refractivity contribution in [2.45, 2.75) is 38.9 Å². The molecular weight excluding hydrogens is 1200 g/mol. The van der Waals surface area contributed by atoms with Crippen molar-refractivity contribution in [3.05, 3.63) is 308 Å². The van der Waals surface area contributed by atoms with E-state index in [0.717, 1.165) is 82.7 Å². The third-order valence-electron chi connectivity index (χ3n) is 17.8. The third kappa shape index (κ3) is 11.2. The fourth-order valence-electron chi connectivity index (χ4n) is 12.4. The molecule has 0 N–H and O–H groups in total. The van der Waals surface area contributed by atoms with Gasteiger partial charge < -0.3 is 18.4 Å². The molecule has 0 radical (unpaired) electrons. The first-order valence-electron chi connectivity index (χ1n) is 36.4. The lowest BCUT2D eigenvalue weighted by atomic mass is 9.78. The van der Waals surface area contributed by atoms with E-state index in [4.69, 9.17) is 59.5 Å². The molecule has 4 aromatic heterocycles. The molecule has 0 unspecified atom stereocenters. The van der Waals surface area contributed by atoms with Crippen LogP contribution in [-0.2, 0) is 9.31 Å². The Morgan fingerprint density at radius 1 is 0.323 bits per heavy atom. The van der Waals surface area contributed by atoms with Crippen molar-refractivity contribution in [3.63, 3.8) is 0 Å². The number of hydrogen-bond acceptors (Lipinski definition) is 8. The van der Waals surface area contributed by atoms with Gasteiger partial charge in [0.25, 0.3) is 0 Å². The average Bonchev–Trinajstić information content (AvgIpc) is 1.56. The topological polar surface area (TPSA) is 106 Å². The van der Waals surface area contributed by atoms with Gasteiger partial charge in [0.1, 0.15) is 0 Å². The third-order valence-corrected chi connectivity index (χ3v) is 18.0. The Labute approximate surface area is 576 Å². The van der Waals surface area contributed by atoms with Crippen LogP contribution in [0, 0.1) is 0 Å². The molecule has 12 aromatic carbocycles. The van der Waals surface area contributed by atoms with Crippen LogP contribution in [0.2, 0.25) is 5.02 Å². The molecule has 5 heterocycles. The molecule has 0 bridgehead atoms. The highest BCUT2D eigenvalue weighted by Crippen LogP contribution is 2.42. The number of nitrogens with zero attached hydrogens (tertiary/aromatic N) is 8. The van der Waals surface area contributed by atoms with Gasteiger partial charge in [0, 0.05) is 59.9 Å². The summed E-state index contributed by atoms with van der Waals surface area (Å²) in [6.07, 6.45) is 0. The van der Waals surface area contributed by atoms with Crippen LogP contribution in [0.3, 0.4) is 0 Å². The van der Waals surface area contributed by atoms with Gasteiger partial charge in [-0.3, -0.25) is 0 Å². The lowest BCUT2D eigenvalue weighted by molar-refractivity contribution is 0.00578. The zero-order chi connectivity index (χ0) is 73.6. The van der Waals surface area contributed by atoms with Gasteiger partial charge in [-0.25, -0.2) is 29.9 Å². The Bertz CT molecular complexity index is 6140. The molecule has 0 atom stereocenters. The summed E-state index contributed by atoms with van der Waals surface area (Å²) in [6, 6.07) is 75.5. The fourth-order valence-corrected chi connectivity index (χ4v) is 12.6. The number of benzene rings is 12. The maximum absolute atomic E-state index is 8.86. The predicted octanol–water partition coefficient (Wildman–Crippen LogP) is 20.2. The highest BCUT2D eigenvalue weighted by molar-refractivity contribution is 6.62. The molecule has 0 spiro atoms. The van der Waals surface area contributed by atoms with E-state index in [9.17, 15) is 0 Å². The highest BCUT2D eigenvalue weighted by Gasteiger charge is 2.52. The van der Waals surface area contributed by atoms with E-state index in [1.54, 1.807) is 6.07 Å². The van der Waals surface area contributed by atoms with E-state index >= 15 is 0 Å². The predicted molar refractivity (Wildman–Crippen MR) is 393 cm³/mol. The van der Waals surface area contributed by atoms with Crippen molar-refractivity contribution in [1.29, 1.82) is 0 Å². The molecule has 1 saturated heterocycles. The largest absolute Gasteiger partial charge is 0.494 e. The van der Waals surface area contributed by atoms with Crippen LogP contribution in [0.4, 0.5) is 0 Å². The molecule has 16 aromatic rings. The van der Waals surface area contributed by atoms with Gasteiger partial charge in [0.2, 0.25) is 0 Å². The molecule has 0 saturated carbocycles. The van der Waals surface area contributed by atoms with Crippen LogP contribution in [0.15, 0.2) is 303 Å². The second-order valence-electron chi connectivity index (χ2n) is 24.3. The molecule has 17 rings (SSSR count). The molecule has 0 aliphatic carbocycles. The molecule has 1 aliphatic heterocycles. The van der Waals surface area contributed by atoms with E-state index in [1.807, 2.05) is 179 Å². The van der Waals surface area contributed by atoms with Crippen LogP contribution in [0.5, 0.6) is 0 Å². The maximum atomic E-state index is 8.86. The van der Waals surface area contributed by atoms with Gasteiger partial charge in [-0.2, -0.15) is 0 Å². The monoisotopic (exact) mass is 1270 g/mol. The van der Waals surface area contributed by atoms with Crippen LogP contribution < -0.4 is 5.46 Å². The number of halogens is 1. The van der Waals surface area contributed by atoms with Crippen molar-refractivity contribution < 1.29 is 23.0 Å². The normalized spacial score (nSPS) is 14.8. The first-order chi connectivity index (χ1) is 51.1. The summed E-state index contributed by atoms with van der Waals surface area (Å²) in [4.78, 5) is 29.2. The quantitative estimate of drug-likeness (QED) is 0.118. The first kappa shape index (κ1) is 49.2. The number of para-hydroxylation sites is 2. The minimum absolute atomic E-state index is 0.0413. The molecule has 96 heavy (non-hydrogen) atoms. The number of fused-ring (bicyclic) bond motifs is 6. The van der Waals surface area contributed by atoms with E-state index in [1.165, 1.54) is 0 Å². The molecule has 1 aliphatic rings. The Hall–Kier alpha value is -11.5. The second-order valence-corrected chi connectivity index (χ2v) is 24.7. The smallest absolute Gasteiger partial charge is 0.399 e. The van der Waals surface area contributed by atoms with Crippen molar-refractivity contribution in [2.24, 2.45) is 0 Å². The van der Waals surface area contributed by atoms with Crippen LogP contribution in [0.25, 0.3) is 146 Å². The average molecular weight is 1270 g/mol. The van der Waals surface area contributed by atoms with Gasteiger partial charge in [0.15, 0.2) is 34.9 Å². The minimum Gasteiger partial charge on any atom is -0.399 e. The Kier molecular flexibility index (Phi) is 12.7. The summed E-state index contributed by atoms with van der Waals surface area (Å²) in [7, 11) is -0.707. The zero-order valence-corrected chi connectivity index (χ0v) is 53.2. The van der Waals surface area contributed by atoms with E-state index in [-0.39, 0.29) is 46.1 Å². The number of aromatic nitrogens is 8. The fraction of sp³-hybridized carbons (Fsp3) is 0.0714. The van der Waals surface area contributed by atoms with Crippen molar-refractivity contribution in [3.8, 4) is 102 Å². The second kappa shape index (κ2) is 24.8. The highest BCUT2D eigenvalue weighted by atomic mass is 35.5. The van der Waals surface area contributed by atoms with E-state index in [0.29, 0.717) is 27.3 Å². The van der Waals surface area contributed by atoms with Gasteiger partial charge >= 0.3 is 7.12 Å². The van der Waals surface area contributed by atoms with Crippen molar-refractivity contribution >= 4 is 67.8 Å².